The number of nitrogens with one attached hydrogen (secondary N) is 1. The molecule has 0 atom stereocenters. The van der Waals surface area contributed by atoms with Gasteiger partial charge in [-0.1, -0.05) is 30.3 Å². The smallest absolute Gasteiger partial charge is 0.236 e. The average Bonchev–Trinajstić information content (AvgIpc) is 2.48. The van der Waals surface area contributed by atoms with Gasteiger partial charge in [-0.15, -0.1) is 0 Å². The monoisotopic (exact) mass is 307 g/mol. The van der Waals surface area contributed by atoms with Crippen LogP contribution in [0.1, 0.15) is 0 Å². The predicted octanol–water partition coefficient (Wildman–Crippen LogP) is 2.52. The lowest BCUT2D eigenvalue weighted by Gasteiger charge is -2.12. The van der Waals surface area contributed by atoms with E-state index in [2.05, 4.69) is 4.72 Å². The van der Waals surface area contributed by atoms with Crippen LogP contribution in [0.3, 0.4) is 0 Å². The molecule has 0 saturated heterocycles. The van der Waals surface area contributed by atoms with E-state index in [9.17, 15) is 8.42 Å². The average molecular weight is 307 g/mol. The molecule has 0 aliphatic heterocycles. The van der Waals surface area contributed by atoms with Gasteiger partial charge in [0.15, 0.2) is 0 Å². The summed E-state index contributed by atoms with van der Waals surface area (Å²) in [5, 5.41) is 0. The minimum absolute atomic E-state index is 0.0779. The number of anilines is 1. The largest absolute Gasteiger partial charge is 0.495 e. The lowest BCUT2D eigenvalue weighted by molar-refractivity contribution is 0.341. The van der Waals surface area contributed by atoms with E-state index in [-0.39, 0.29) is 12.4 Å². The normalized spacial score (nSPS) is 10.9. The molecule has 2 rings (SSSR count). The molecule has 0 radical (unpaired) electrons. The molecule has 0 bridgehead atoms. The number of rotatable bonds is 7. The van der Waals surface area contributed by atoms with E-state index in [0.29, 0.717) is 17.2 Å². The summed E-state index contributed by atoms with van der Waals surface area (Å²) in [6.45, 7) is 0.0779. The summed E-state index contributed by atoms with van der Waals surface area (Å²) in [5.74, 6) is 0.981. The van der Waals surface area contributed by atoms with Gasteiger partial charge < -0.3 is 9.47 Å². The lowest BCUT2D eigenvalue weighted by atomic mass is 10.3. The number of methoxy groups -OCH3 is 1. The van der Waals surface area contributed by atoms with Crippen LogP contribution in [-0.4, -0.2) is 27.9 Å². The summed E-state index contributed by atoms with van der Waals surface area (Å²) in [6.07, 6.45) is 0. The Morgan fingerprint density at radius 1 is 1.00 bits per heavy atom. The zero-order valence-corrected chi connectivity index (χ0v) is 12.5. The van der Waals surface area contributed by atoms with E-state index < -0.39 is 10.0 Å². The number of hydrogen-bond acceptors (Lipinski definition) is 4. The second kappa shape index (κ2) is 6.99. The van der Waals surface area contributed by atoms with Crippen molar-refractivity contribution in [3.05, 3.63) is 54.6 Å². The Labute approximate surface area is 124 Å². The minimum atomic E-state index is -3.49. The highest BCUT2D eigenvalue weighted by Crippen LogP contribution is 2.24. The van der Waals surface area contributed by atoms with E-state index >= 15 is 0 Å². The van der Waals surface area contributed by atoms with Gasteiger partial charge in [0.25, 0.3) is 0 Å². The van der Waals surface area contributed by atoms with Gasteiger partial charge in [0, 0.05) is 0 Å². The molecule has 5 nitrogen and oxygen atoms in total. The SMILES string of the molecule is COc1ccccc1NS(=O)(=O)CCOc1ccccc1. The topological polar surface area (TPSA) is 64.6 Å². The first kappa shape index (κ1) is 15.2. The number of sulfonamides is 1. The van der Waals surface area contributed by atoms with Gasteiger partial charge in [-0.25, -0.2) is 8.42 Å². The van der Waals surface area contributed by atoms with Gasteiger partial charge in [-0.2, -0.15) is 0 Å². The Hall–Kier alpha value is -2.21. The standard InChI is InChI=1S/C15H17NO4S/c1-19-15-10-6-5-9-14(15)16-21(17,18)12-11-20-13-7-3-2-4-8-13/h2-10,16H,11-12H2,1H3. The summed E-state index contributed by atoms with van der Waals surface area (Å²) in [4.78, 5) is 0. The van der Waals surface area contributed by atoms with Crippen LogP contribution in [-0.2, 0) is 10.0 Å². The molecule has 0 fully saturated rings. The summed E-state index contributed by atoms with van der Waals surface area (Å²) < 4.78 is 37.0. The van der Waals surface area contributed by atoms with E-state index in [4.69, 9.17) is 9.47 Å². The van der Waals surface area contributed by atoms with Crippen LogP contribution in [0.5, 0.6) is 11.5 Å². The molecule has 112 valence electrons. The van der Waals surface area contributed by atoms with Crippen LogP contribution in [0, 0.1) is 0 Å². The zero-order chi connectivity index (χ0) is 15.1. The van der Waals surface area contributed by atoms with Gasteiger partial charge in [-0.3, -0.25) is 4.72 Å². The fraction of sp³-hybridized carbons (Fsp3) is 0.200. The van der Waals surface area contributed by atoms with Crippen molar-refractivity contribution in [2.45, 2.75) is 0 Å². The van der Waals surface area contributed by atoms with Crippen LogP contribution < -0.4 is 14.2 Å². The number of para-hydroxylation sites is 3. The fourth-order valence-electron chi connectivity index (χ4n) is 1.73. The van der Waals surface area contributed by atoms with Gasteiger partial charge in [0.2, 0.25) is 10.0 Å². The van der Waals surface area contributed by atoms with Crippen LogP contribution >= 0.6 is 0 Å². The zero-order valence-electron chi connectivity index (χ0n) is 11.7. The first-order valence-electron chi connectivity index (χ1n) is 6.42. The van der Waals surface area contributed by atoms with Gasteiger partial charge in [0.05, 0.1) is 12.8 Å². The summed E-state index contributed by atoms with van der Waals surface area (Å²) >= 11 is 0. The predicted molar refractivity (Wildman–Crippen MR) is 82.3 cm³/mol. The molecule has 0 aliphatic rings. The Kier molecular flexibility index (Phi) is 5.05. The molecular weight excluding hydrogens is 290 g/mol. The number of benzene rings is 2. The van der Waals surface area contributed by atoms with E-state index in [1.165, 1.54) is 7.11 Å². The molecule has 0 unspecified atom stereocenters. The maximum Gasteiger partial charge on any atom is 0.236 e. The van der Waals surface area contributed by atoms with E-state index in [0.717, 1.165) is 0 Å². The highest BCUT2D eigenvalue weighted by atomic mass is 32.2. The molecule has 2 aromatic rings. The molecular formula is C15H17NO4S. The van der Waals surface area contributed by atoms with Crippen molar-refractivity contribution in [3.8, 4) is 11.5 Å². The van der Waals surface area contributed by atoms with E-state index in [1.54, 1.807) is 36.4 Å². The lowest BCUT2D eigenvalue weighted by Crippen LogP contribution is -2.21. The van der Waals surface area contributed by atoms with Gasteiger partial charge in [0.1, 0.15) is 23.9 Å². The van der Waals surface area contributed by atoms with Crippen molar-refractivity contribution in [1.29, 1.82) is 0 Å². The van der Waals surface area contributed by atoms with Crippen LogP contribution in [0.15, 0.2) is 54.6 Å². The summed E-state index contributed by atoms with van der Waals surface area (Å²) in [5.41, 5.74) is 0.416. The first-order valence-corrected chi connectivity index (χ1v) is 8.07. The maximum atomic E-state index is 12.0. The van der Waals surface area contributed by atoms with E-state index in [1.807, 2.05) is 18.2 Å². The molecule has 0 heterocycles. The van der Waals surface area contributed by atoms with Crippen molar-refractivity contribution in [1.82, 2.24) is 0 Å². The van der Waals surface area contributed by atoms with Crippen molar-refractivity contribution < 1.29 is 17.9 Å². The molecule has 2 aromatic carbocycles. The molecule has 1 N–H and O–H groups in total. The van der Waals surface area contributed by atoms with Crippen molar-refractivity contribution in [3.63, 3.8) is 0 Å². The maximum absolute atomic E-state index is 12.0. The van der Waals surface area contributed by atoms with Crippen molar-refractivity contribution in [2.75, 3.05) is 24.2 Å². The Bertz CT molecular complexity index is 671. The minimum Gasteiger partial charge on any atom is -0.495 e. The molecule has 21 heavy (non-hydrogen) atoms. The molecule has 0 amide bonds. The number of hydrogen-bond donors (Lipinski definition) is 1. The third kappa shape index (κ3) is 4.68. The number of ether oxygens (including phenoxy) is 2. The fourth-order valence-corrected chi connectivity index (χ4v) is 2.64. The van der Waals surface area contributed by atoms with Crippen LogP contribution in [0.2, 0.25) is 0 Å². The van der Waals surface area contributed by atoms with Gasteiger partial charge in [-0.05, 0) is 24.3 Å². The second-order valence-electron chi connectivity index (χ2n) is 4.28. The molecule has 0 saturated carbocycles. The Morgan fingerprint density at radius 3 is 2.38 bits per heavy atom. The van der Waals surface area contributed by atoms with Crippen LogP contribution in [0.4, 0.5) is 5.69 Å². The highest BCUT2D eigenvalue weighted by molar-refractivity contribution is 7.92. The quantitative estimate of drug-likeness (QED) is 0.853. The second-order valence-corrected chi connectivity index (χ2v) is 6.12. The van der Waals surface area contributed by atoms with Crippen LogP contribution in [0.25, 0.3) is 0 Å². The Morgan fingerprint density at radius 2 is 1.67 bits per heavy atom. The highest BCUT2D eigenvalue weighted by Gasteiger charge is 2.13. The molecule has 0 spiro atoms. The van der Waals surface area contributed by atoms with Crippen molar-refractivity contribution in [2.24, 2.45) is 0 Å². The molecule has 0 aromatic heterocycles. The summed E-state index contributed by atoms with van der Waals surface area (Å²) in [7, 11) is -2.00. The third-order valence-corrected chi connectivity index (χ3v) is 3.97. The molecule has 0 aliphatic carbocycles. The Balaban J connectivity index is 1.93. The van der Waals surface area contributed by atoms with Crippen molar-refractivity contribution >= 4 is 15.7 Å². The molecule has 6 heteroatoms. The first-order chi connectivity index (χ1) is 10.1. The van der Waals surface area contributed by atoms with Gasteiger partial charge >= 0.3 is 0 Å². The summed E-state index contributed by atoms with van der Waals surface area (Å²) in [6, 6.07) is 15.9. The third-order valence-electron chi connectivity index (χ3n) is 2.74.